The maximum Gasteiger partial charge on any atom is 0.136 e. The Labute approximate surface area is 71.4 Å². The molecule has 0 aromatic carbocycles. The fraction of sp³-hybridized carbons (Fsp3) is 0.889. The molecule has 2 rings (SSSR count). The van der Waals surface area contributed by atoms with Crippen LogP contribution in [0.25, 0.3) is 0 Å². The van der Waals surface area contributed by atoms with Crippen LogP contribution >= 0.6 is 0 Å². The van der Waals surface area contributed by atoms with E-state index in [4.69, 9.17) is 10.2 Å². The van der Waals surface area contributed by atoms with E-state index < -0.39 is 0 Å². The highest BCUT2D eigenvalue weighted by Gasteiger charge is 2.51. The standard InChI is InChI=1S/C9H14O3/c10-3-7-5-1-6(8(7)4-11)9(12)2-5/h5-8,10-11H,1-4H2. The Morgan fingerprint density at radius 2 is 1.92 bits per heavy atom. The predicted molar refractivity (Wildman–Crippen MR) is 42.4 cm³/mol. The third-order valence-corrected chi connectivity index (χ3v) is 3.53. The second-order valence-corrected chi connectivity index (χ2v) is 3.97. The molecule has 0 amide bonds. The number of hydrogen-bond acceptors (Lipinski definition) is 3. The fourth-order valence-electron chi connectivity index (χ4n) is 2.89. The van der Waals surface area contributed by atoms with E-state index in [0.717, 1.165) is 6.42 Å². The van der Waals surface area contributed by atoms with Crippen molar-refractivity contribution in [2.24, 2.45) is 23.7 Å². The van der Waals surface area contributed by atoms with E-state index in [1.807, 2.05) is 0 Å². The third-order valence-electron chi connectivity index (χ3n) is 3.53. The average molecular weight is 170 g/mol. The number of rotatable bonds is 2. The Morgan fingerprint density at radius 3 is 2.50 bits per heavy atom. The minimum absolute atomic E-state index is 0.0428. The van der Waals surface area contributed by atoms with Gasteiger partial charge < -0.3 is 10.2 Å². The third kappa shape index (κ3) is 0.930. The molecule has 2 aliphatic rings. The van der Waals surface area contributed by atoms with Crippen LogP contribution in [0.3, 0.4) is 0 Å². The van der Waals surface area contributed by atoms with Crippen LogP contribution in [0.2, 0.25) is 0 Å². The van der Waals surface area contributed by atoms with E-state index in [-0.39, 0.29) is 31.0 Å². The Hall–Kier alpha value is -0.410. The molecule has 0 spiro atoms. The molecule has 2 fully saturated rings. The average Bonchev–Trinajstić information content (AvgIpc) is 2.58. The molecule has 0 aromatic heterocycles. The van der Waals surface area contributed by atoms with E-state index in [1.54, 1.807) is 0 Å². The molecule has 2 saturated carbocycles. The summed E-state index contributed by atoms with van der Waals surface area (Å²) in [5.74, 6) is 0.921. The molecule has 0 aliphatic heterocycles. The zero-order valence-corrected chi connectivity index (χ0v) is 6.94. The lowest BCUT2D eigenvalue weighted by molar-refractivity contribution is -0.125. The van der Waals surface area contributed by atoms with Crippen molar-refractivity contribution in [3.8, 4) is 0 Å². The summed E-state index contributed by atoms with van der Waals surface area (Å²) in [6, 6.07) is 0. The lowest BCUT2D eigenvalue weighted by Crippen LogP contribution is -2.32. The summed E-state index contributed by atoms with van der Waals surface area (Å²) in [6.07, 6.45) is 1.53. The monoisotopic (exact) mass is 170 g/mol. The van der Waals surface area contributed by atoms with Gasteiger partial charge in [0.05, 0.1) is 0 Å². The first-order valence-corrected chi connectivity index (χ1v) is 4.52. The zero-order chi connectivity index (χ0) is 8.72. The van der Waals surface area contributed by atoms with E-state index >= 15 is 0 Å². The van der Waals surface area contributed by atoms with Crippen molar-refractivity contribution in [1.82, 2.24) is 0 Å². The molecule has 3 heteroatoms. The Kier molecular flexibility index (Phi) is 1.93. The van der Waals surface area contributed by atoms with Crippen LogP contribution in [-0.4, -0.2) is 29.2 Å². The summed E-state index contributed by atoms with van der Waals surface area (Å²) in [4.78, 5) is 11.3. The molecule has 12 heavy (non-hydrogen) atoms. The summed E-state index contributed by atoms with van der Waals surface area (Å²) >= 11 is 0. The lowest BCUT2D eigenvalue weighted by Gasteiger charge is -2.26. The van der Waals surface area contributed by atoms with Gasteiger partial charge in [-0.15, -0.1) is 0 Å². The number of fused-ring (bicyclic) bond motifs is 2. The van der Waals surface area contributed by atoms with Crippen LogP contribution in [0.15, 0.2) is 0 Å². The summed E-state index contributed by atoms with van der Waals surface area (Å²) in [6.45, 7) is 0.178. The fourth-order valence-corrected chi connectivity index (χ4v) is 2.89. The maximum absolute atomic E-state index is 11.3. The van der Waals surface area contributed by atoms with Crippen molar-refractivity contribution in [3.63, 3.8) is 0 Å². The highest BCUT2D eigenvalue weighted by atomic mass is 16.3. The molecule has 2 N–H and O–H groups in total. The van der Waals surface area contributed by atoms with Crippen molar-refractivity contribution in [2.75, 3.05) is 13.2 Å². The lowest BCUT2D eigenvalue weighted by atomic mass is 9.79. The number of aliphatic hydroxyl groups excluding tert-OH is 2. The van der Waals surface area contributed by atoms with Crippen LogP contribution in [0.5, 0.6) is 0 Å². The Balaban J connectivity index is 2.16. The SMILES string of the molecule is O=C1CC2CC1C(CO)C2CO. The normalized spacial score (nSPS) is 45.7. The first kappa shape index (κ1) is 8.20. The molecule has 4 atom stereocenters. The summed E-state index contributed by atoms with van der Waals surface area (Å²) in [5, 5.41) is 18.1. The largest absolute Gasteiger partial charge is 0.396 e. The zero-order valence-electron chi connectivity index (χ0n) is 6.94. The smallest absolute Gasteiger partial charge is 0.136 e. The number of hydrogen-bond donors (Lipinski definition) is 2. The molecular weight excluding hydrogens is 156 g/mol. The van der Waals surface area contributed by atoms with Crippen LogP contribution in [0.1, 0.15) is 12.8 Å². The van der Waals surface area contributed by atoms with Gasteiger partial charge in [-0.3, -0.25) is 4.79 Å². The summed E-state index contributed by atoms with van der Waals surface area (Å²) in [5.41, 5.74) is 0. The van der Waals surface area contributed by atoms with E-state index in [0.29, 0.717) is 18.1 Å². The van der Waals surface area contributed by atoms with Gasteiger partial charge in [0.2, 0.25) is 0 Å². The van der Waals surface area contributed by atoms with Gasteiger partial charge >= 0.3 is 0 Å². The van der Waals surface area contributed by atoms with E-state index in [1.165, 1.54) is 0 Å². The van der Waals surface area contributed by atoms with Crippen LogP contribution in [0.4, 0.5) is 0 Å². The molecule has 0 heterocycles. The molecule has 0 saturated heterocycles. The van der Waals surface area contributed by atoms with Gasteiger partial charge in [0.25, 0.3) is 0 Å². The topological polar surface area (TPSA) is 57.5 Å². The number of carbonyl (C=O) groups is 1. The van der Waals surface area contributed by atoms with E-state index in [2.05, 4.69) is 0 Å². The minimum Gasteiger partial charge on any atom is -0.396 e. The number of carbonyl (C=O) groups excluding carboxylic acids is 1. The van der Waals surface area contributed by atoms with Crippen molar-refractivity contribution in [3.05, 3.63) is 0 Å². The van der Waals surface area contributed by atoms with Gasteiger partial charge in [0.1, 0.15) is 5.78 Å². The van der Waals surface area contributed by atoms with Crippen molar-refractivity contribution >= 4 is 5.78 Å². The second kappa shape index (κ2) is 2.82. The van der Waals surface area contributed by atoms with Gasteiger partial charge in [0.15, 0.2) is 0 Å². The van der Waals surface area contributed by atoms with Crippen LogP contribution < -0.4 is 0 Å². The first-order valence-electron chi connectivity index (χ1n) is 4.52. The van der Waals surface area contributed by atoms with Crippen LogP contribution in [0, 0.1) is 23.7 Å². The molecule has 2 aliphatic carbocycles. The predicted octanol–water partition coefficient (Wildman–Crippen LogP) is -0.188. The molecule has 68 valence electrons. The highest BCUT2D eigenvalue weighted by Crippen LogP contribution is 2.49. The van der Waals surface area contributed by atoms with Crippen molar-refractivity contribution in [2.45, 2.75) is 12.8 Å². The van der Waals surface area contributed by atoms with Crippen molar-refractivity contribution < 1.29 is 15.0 Å². The molecule has 2 bridgehead atoms. The molecular formula is C9H14O3. The van der Waals surface area contributed by atoms with Gasteiger partial charge in [0, 0.05) is 25.6 Å². The van der Waals surface area contributed by atoms with E-state index in [9.17, 15) is 4.79 Å². The summed E-state index contributed by atoms with van der Waals surface area (Å²) < 4.78 is 0. The Bertz CT molecular complexity index is 202. The second-order valence-electron chi connectivity index (χ2n) is 3.97. The van der Waals surface area contributed by atoms with Gasteiger partial charge in [-0.05, 0) is 24.2 Å². The minimum atomic E-state index is 0.0428. The highest BCUT2D eigenvalue weighted by molar-refractivity contribution is 5.84. The number of Topliss-reactive ketones (excluding diaryl/α,β-unsaturated/α-hetero) is 1. The van der Waals surface area contributed by atoms with Crippen LogP contribution in [-0.2, 0) is 4.79 Å². The quantitative estimate of drug-likeness (QED) is 0.604. The van der Waals surface area contributed by atoms with Crippen molar-refractivity contribution in [1.29, 1.82) is 0 Å². The summed E-state index contributed by atoms with van der Waals surface area (Å²) in [7, 11) is 0. The molecule has 4 unspecified atom stereocenters. The van der Waals surface area contributed by atoms with Gasteiger partial charge in [-0.1, -0.05) is 0 Å². The number of ketones is 1. The van der Waals surface area contributed by atoms with Gasteiger partial charge in [-0.2, -0.15) is 0 Å². The molecule has 0 aromatic rings. The number of aliphatic hydroxyl groups is 2. The Morgan fingerprint density at radius 1 is 1.25 bits per heavy atom. The molecule has 0 radical (unpaired) electrons. The van der Waals surface area contributed by atoms with Gasteiger partial charge in [-0.25, -0.2) is 0 Å². The molecule has 3 nitrogen and oxygen atoms in total. The first-order chi connectivity index (χ1) is 5.77. The maximum atomic E-state index is 11.3.